The van der Waals surface area contributed by atoms with E-state index < -0.39 is 14.5 Å². The fourth-order valence-corrected chi connectivity index (χ4v) is 5.45. The van der Waals surface area contributed by atoms with Crippen molar-refractivity contribution in [2.75, 3.05) is 6.61 Å². The number of ether oxygens (including phenoxy) is 1. The Hall–Kier alpha value is -2.64. The number of nitrogens with zero attached hydrogens (tertiary/aromatic N) is 6. The lowest BCUT2D eigenvalue weighted by Crippen LogP contribution is -2.22. The summed E-state index contributed by atoms with van der Waals surface area (Å²) >= 11 is 0. The molecule has 0 spiro atoms. The highest BCUT2D eigenvalue weighted by Crippen LogP contribution is 2.39. The second kappa shape index (κ2) is 10.3. The van der Waals surface area contributed by atoms with Gasteiger partial charge < -0.3 is 9.30 Å². The van der Waals surface area contributed by atoms with Crippen LogP contribution in [0, 0.1) is 17.2 Å². The van der Waals surface area contributed by atoms with Gasteiger partial charge in [-0.25, -0.2) is 18.7 Å². The highest BCUT2D eigenvalue weighted by atomic mass is 28.3. The summed E-state index contributed by atoms with van der Waals surface area (Å²) in [6.07, 6.45) is 6.57. The Morgan fingerprint density at radius 3 is 2.68 bits per heavy atom. The molecule has 0 N–H and O–H groups in total. The summed E-state index contributed by atoms with van der Waals surface area (Å²) in [5.74, 6) is 0.276. The third kappa shape index (κ3) is 5.36. The normalized spacial score (nSPS) is 15.9. The molecular formula is C24H32F2N6OSi. The molecule has 1 atom stereocenters. The Bertz CT molecular complexity index is 1160. The molecule has 3 heterocycles. The molecule has 182 valence electrons. The van der Waals surface area contributed by atoms with Gasteiger partial charge in [0.05, 0.1) is 24.2 Å². The molecule has 0 aromatic carbocycles. The standard InChI is InChI=1S/C24H32F2N6OSi/c1-34(2,3)13-12-33-16-31-11-9-18-21(28-15-29-24(18)31)19-14-32(30-22(19)23(25)26)20(8-10-27)17-6-4-5-7-17/h9,11,14-15,17,20,23H,4-8,12-13,16H2,1-3H3. The molecule has 1 unspecified atom stereocenters. The largest absolute Gasteiger partial charge is 0.361 e. The zero-order valence-electron chi connectivity index (χ0n) is 20.0. The Balaban J connectivity index is 1.66. The molecule has 34 heavy (non-hydrogen) atoms. The van der Waals surface area contributed by atoms with E-state index in [9.17, 15) is 14.0 Å². The van der Waals surface area contributed by atoms with Crippen LogP contribution in [0.4, 0.5) is 8.78 Å². The lowest BCUT2D eigenvalue weighted by atomic mass is 9.96. The van der Waals surface area contributed by atoms with E-state index in [4.69, 9.17) is 4.74 Å². The maximum absolute atomic E-state index is 14.1. The average molecular weight is 487 g/mol. The molecule has 3 aromatic rings. The van der Waals surface area contributed by atoms with Crippen LogP contribution < -0.4 is 0 Å². The summed E-state index contributed by atoms with van der Waals surface area (Å²) in [7, 11) is -1.19. The van der Waals surface area contributed by atoms with Gasteiger partial charge in [0.2, 0.25) is 0 Å². The van der Waals surface area contributed by atoms with Crippen molar-refractivity contribution in [2.24, 2.45) is 5.92 Å². The molecule has 0 bridgehead atoms. The summed E-state index contributed by atoms with van der Waals surface area (Å²) in [5.41, 5.74) is 1.05. The van der Waals surface area contributed by atoms with Crippen LogP contribution in [0.1, 0.15) is 50.3 Å². The molecule has 1 saturated carbocycles. The lowest BCUT2D eigenvalue weighted by Gasteiger charge is -2.21. The first-order chi connectivity index (χ1) is 16.3. The van der Waals surface area contributed by atoms with Gasteiger partial charge in [-0.15, -0.1) is 0 Å². The Labute approximate surface area is 199 Å². The van der Waals surface area contributed by atoms with E-state index >= 15 is 0 Å². The van der Waals surface area contributed by atoms with Crippen molar-refractivity contribution in [3.63, 3.8) is 0 Å². The van der Waals surface area contributed by atoms with E-state index in [1.165, 1.54) is 6.33 Å². The first-order valence-electron chi connectivity index (χ1n) is 11.9. The second-order valence-corrected chi connectivity index (χ2v) is 15.9. The van der Waals surface area contributed by atoms with Crippen LogP contribution in [-0.2, 0) is 11.5 Å². The SMILES string of the molecule is C[Si](C)(C)CCOCn1ccc2c(-c3cn(C(CC#N)C4CCCC4)nc3C(F)F)ncnc21. The van der Waals surface area contributed by atoms with Crippen molar-refractivity contribution in [2.45, 2.75) is 77.0 Å². The van der Waals surface area contributed by atoms with Gasteiger partial charge >= 0.3 is 0 Å². The minimum atomic E-state index is -2.75. The van der Waals surface area contributed by atoms with Gasteiger partial charge in [-0.2, -0.15) is 10.4 Å². The summed E-state index contributed by atoms with van der Waals surface area (Å²) in [4.78, 5) is 8.75. The van der Waals surface area contributed by atoms with Gasteiger partial charge in [0, 0.05) is 38.0 Å². The number of hydrogen-bond acceptors (Lipinski definition) is 5. The van der Waals surface area contributed by atoms with Gasteiger partial charge in [-0.3, -0.25) is 4.68 Å². The first kappa shape index (κ1) is 24.5. The first-order valence-corrected chi connectivity index (χ1v) is 15.6. The van der Waals surface area contributed by atoms with Crippen LogP contribution in [0.3, 0.4) is 0 Å². The second-order valence-electron chi connectivity index (χ2n) is 10.3. The smallest absolute Gasteiger partial charge is 0.282 e. The summed E-state index contributed by atoms with van der Waals surface area (Å²) < 4.78 is 37.4. The topological polar surface area (TPSA) is 81.5 Å². The average Bonchev–Trinajstić information content (AvgIpc) is 3.54. The molecule has 3 aromatic heterocycles. The van der Waals surface area contributed by atoms with Crippen LogP contribution in [0.5, 0.6) is 0 Å². The molecule has 0 radical (unpaired) electrons. The van der Waals surface area contributed by atoms with Crippen LogP contribution in [0.25, 0.3) is 22.3 Å². The Kier molecular flexibility index (Phi) is 7.43. The van der Waals surface area contributed by atoms with Crippen molar-refractivity contribution < 1.29 is 13.5 Å². The van der Waals surface area contributed by atoms with Crippen LogP contribution >= 0.6 is 0 Å². The van der Waals surface area contributed by atoms with E-state index in [-0.39, 0.29) is 24.1 Å². The molecule has 0 aliphatic heterocycles. The minimum absolute atomic E-state index is 0.208. The third-order valence-electron chi connectivity index (χ3n) is 6.59. The molecule has 4 rings (SSSR count). The maximum atomic E-state index is 14.1. The van der Waals surface area contributed by atoms with Gasteiger partial charge in [0.25, 0.3) is 6.43 Å². The number of nitriles is 1. The molecule has 0 amide bonds. The van der Waals surface area contributed by atoms with Crippen molar-refractivity contribution in [3.05, 3.63) is 30.5 Å². The van der Waals surface area contributed by atoms with Gasteiger partial charge in [-0.1, -0.05) is 32.5 Å². The van der Waals surface area contributed by atoms with E-state index in [2.05, 4.69) is 40.8 Å². The van der Waals surface area contributed by atoms with E-state index in [0.717, 1.165) is 31.7 Å². The van der Waals surface area contributed by atoms with Crippen LogP contribution in [-0.4, -0.2) is 39.0 Å². The summed E-state index contributed by atoms with van der Waals surface area (Å²) in [6, 6.07) is 4.91. The van der Waals surface area contributed by atoms with E-state index in [1.807, 2.05) is 16.8 Å². The maximum Gasteiger partial charge on any atom is 0.282 e. The predicted molar refractivity (Wildman–Crippen MR) is 129 cm³/mol. The minimum Gasteiger partial charge on any atom is -0.361 e. The number of alkyl halides is 2. The van der Waals surface area contributed by atoms with Crippen molar-refractivity contribution in [3.8, 4) is 17.3 Å². The van der Waals surface area contributed by atoms with E-state index in [0.29, 0.717) is 35.6 Å². The highest BCUT2D eigenvalue weighted by molar-refractivity contribution is 6.76. The van der Waals surface area contributed by atoms with Crippen LogP contribution in [0.15, 0.2) is 24.8 Å². The number of aromatic nitrogens is 5. The molecule has 7 nitrogen and oxygen atoms in total. The Morgan fingerprint density at radius 2 is 2.00 bits per heavy atom. The number of hydrogen-bond donors (Lipinski definition) is 0. The zero-order chi connectivity index (χ0) is 24.3. The summed E-state index contributed by atoms with van der Waals surface area (Å²) in [5, 5.41) is 14.3. The molecule has 0 saturated heterocycles. The highest BCUT2D eigenvalue weighted by Gasteiger charge is 2.30. The predicted octanol–water partition coefficient (Wildman–Crippen LogP) is 6.19. The molecular weight excluding hydrogens is 454 g/mol. The third-order valence-corrected chi connectivity index (χ3v) is 8.29. The molecule has 1 aliphatic carbocycles. The monoisotopic (exact) mass is 486 g/mol. The molecule has 1 fully saturated rings. The van der Waals surface area contributed by atoms with Crippen molar-refractivity contribution in [1.82, 2.24) is 24.3 Å². The Morgan fingerprint density at radius 1 is 1.24 bits per heavy atom. The number of fused-ring (bicyclic) bond motifs is 1. The zero-order valence-corrected chi connectivity index (χ0v) is 21.0. The molecule has 1 aliphatic rings. The lowest BCUT2D eigenvalue weighted by molar-refractivity contribution is 0.0899. The van der Waals surface area contributed by atoms with Gasteiger partial charge in [0.1, 0.15) is 24.4 Å². The van der Waals surface area contributed by atoms with Gasteiger partial charge in [0.15, 0.2) is 0 Å². The fraction of sp³-hybridized carbons (Fsp3) is 0.583. The molecule has 10 heteroatoms. The van der Waals surface area contributed by atoms with E-state index in [1.54, 1.807) is 10.9 Å². The quantitative estimate of drug-likeness (QED) is 0.252. The number of rotatable bonds is 10. The van der Waals surface area contributed by atoms with Gasteiger partial charge in [-0.05, 0) is 30.9 Å². The summed E-state index contributed by atoms with van der Waals surface area (Å²) in [6.45, 7) is 7.93. The number of halogens is 2. The van der Waals surface area contributed by atoms with Crippen molar-refractivity contribution >= 4 is 19.1 Å². The fourth-order valence-electron chi connectivity index (χ4n) is 4.69. The van der Waals surface area contributed by atoms with Crippen LogP contribution in [0.2, 0.25) is 25.7 Å². The van der Waals surface area contributed by atoms with Crippen molar-refractivity contribution in [1.29, 1.82) is 5.26 Å².